The molecule has 0 aliphatic heterocycles. The van der Waals surface area contributed by atoms with Gasteiger partial charge in [0.15, 0.2) is 0 Å². The van der Waals surface area contributed by atoms with Crippen LogP contribution in [0.4, 0.5) is 27.1 Å². The van der Waals surface area contributed by atoms with Crippen molar-refractivity contribution < 1.29 is 30.8 Å². The van der Waals surface area contributed by atoms with E-state index in [2.05, 4.69) is 87.4 Å². The molecule has 0 saturated heterocycles. The second-order valence-corrected chi connectivity index (χ2v) is 19.0. The standard InChI is InChI=1S/C19H13Br2FN2O3S.C19H12Br2N4O3S2/c20-13-9-11-14(12-10-13)24(21)19(25)15-5-1-3-7-17(15)23-28(26,27)18-8-4-2-6-16(18)22;20-11-7-9-12(10-8-11)22-19(26)13-3-1-4-14(21)17(13)25-30(27,28)16-6-2-5-15-18(16)24-29-23-15/h1-12,23H;1-10,25H,(H,22,26). The Morgan fingerprint density at radius 1 is 0.638 bits per heavy atom. The molecule has 0 aliphatic rings. The van der Waals surface area contributed by atoms with E-state index < -0.39 is 42.6 Å². The predicted octanol–water partition coefficient (Wildman–Crippen LogP) is 10.6. The first-order valence-electron chi connectivity index (χ1n) is 16.4. The van der Waals surface area contributed by atoms with Gasteiger partial charge in [-0.1, -0.05) is 68.3 Å². The van der Waals surface area contributed by atoms with E-state index in [0.29, 0.717) is 21.4 Å². The van der Waals surface area contributed by atoms with Crippen molar-refractivity contribution in [3.05, 3.63) is 164 Å². The van der Waals surface area contributed by atoms with Crippen LogP contribution in [0, 0.1) is 5.82 Å². The molecule has 58 heavy (non-hydrogen) atoms. The van der Waals surface area contributed by atoms with Crippen LogP contribution >= 0.6 is 75.7 Å². The molecule has 3 N–H and O–H groups in total. The lowest BCUT2D eigenvalue weighted by molar-refractivity contribution is 0.101. The first kappa shape index (κ1) is 43.0. The highest BCUT2D eigenvalue weighted by Gasteiger charge is 2.26. The van der Waals surface area contributed by atoms with E-state index in [-0.39, 0.29) is 32.9 Å². The average Bonchev–Trinajstić information content (AvgIpc) is 3.69. The number of fused-ring (bicyclic) bond motifs is 1. The van der Waals surface area contributed by atoms with Crippen LogP contribution in [0.25, 0.3) is 11.0 Å². The Bertz CT molecular complexity index is 2870. The molecule has 0 bridgehead atoms. The molecule has 0 unspecified atom stereocenters. The number of hydrogen-bond donors (Lipinski definition) is 3. The Labute approximate surface area is 370 Å². The van der Waals surface area contributed by atoms with Crippen molar-refractivity contribution >= 4 is 141 Å². The third-order valence-electron chi connectivity index (χ3n) is 7.89. The Balaban J connectivity index is 0.000000196. The fourth-order valence-corrected chi connectivity index (χ4v) is 9.73. The molecule has 2 amide bonds. The van der Waals surface area contributed by atoms with Crippen LogP contribution in [0.5, 0.6) is 0 Å². The molecule has 20 heteroatoms. The Morgan fingerprint density at radius 2 is 1.22 bits per heavy atom. The van der Waals surface area contributed by atoms with Gasteiger partial charge >= 0.3 is 0 Å². The van der Waals surface area contributed by atoms with E-state index in [1.165, 1.54) is 34.3 Å². The number of nitrogens with one attached hydrogen (secondary N) is 3. The third kappa shape index (κ3) is 10.2. The summed E-state index contributed by atoms with van der Waals surface area (Å²) in [6.07, 6.45) is 0. The van der Waals surface area contributed by atoms with Crippen LogP contribution in [0.1, 0.15) is 20.7 Å². The minimum absolute atomic E-state index is 0.0104. The van der Waals surface area contributed by atoms with Gasteiger partial charge in [0.25, 0.3) is 31.9 Å². The van der Waals surface area contributed by atoms with Crippen molar-refractivity contribution in [3.63, 3.8) is 0 Å². The van der Waals surface area contributed by atoms with Crippen molar-refractivity contribution in [2.75, 3.05) is 18.7 Å². The fourth-order valence-electron chi connectivity index (χ4n) is 5.15. The second kappa shape index (κ2) is 18.6. The first-order chi connectivity index (χ1) is 27.6. The van der Waals surface area contributed by atoms with Crippen LogP contribution in [0.15, 0.2) is 157 Å². The summed E-state index contributed by atoms with van der Waals surface area (Å²) < 4.78 is 81.7. The SMILES string of the molecule is O=C(Nc1ccc(Br)cc1)c1cccc(Br)c1NS(=O)(=O)c1cccc2nsnc12.O=C(c1ccccc1NS(=O)(=O)c1ccccc1F)N(Br)c1ccc(Br)cc1. The zero-order chi connectivity index (χ0) is 41.6. The zero-order valence-corrected chi connectivity index (χ0v) is 37.9. The highest BCUT2D eigenvalue weighted by molar-refractivity contribution is 9.11. The molecule has 1 aromatic heterocycles. The van der Waals surface area contributed by atoms with Gasteiger partial charge < -0.3 is 5.32 Å². The van der Waals surface area contributed by atoms with Crippen LogP contribution in [-0.2, 0) is 20.0 Å². The van der Waals surface area contributed by atoms with Gasteiger partial charge in [0.1, 0.15) is 26.6 Å². The normalized spacial score (nSPS) is 11.3. The summed E-state index contributed by atoms with van der Waals surface area (Å²) in [5.41, 5.74) is 2.34. The van der Waals surface area contributed by atoms with Crippen molar-refractivity contribution in [1.29, 1.82) is 0 Å². The topological polar surface area (TPSA) is 168 Å². The van der Waals surface area contributed by atoms with E-state index in [1.807, 2.05) is 0 Å². The van der Waals surface area contributed by atoms with Crippen LogP contribution in [0.3, 0.4) is 0 Å². The average molecular weight is 1100 g/mol. The van der Waals surface area contributed by atoms with Crippen molar-refractivity contribution in [2.45, 2.75) is 9.79 Å². The van der Waals surface area contributed by atoms with Gasteiger partial charge in [0, 0.05) is 19.1 Å². The highest BCUT2D eigenvalue weighted by atomic mass is 79.9. The lowest BCUT2D eigenvalue weighted by Gasteiger charge is -2.18. The first-order valence-corrected chi connectivity index (χ1v) is 23.1. The Morgan fingerprint density at radius 3 is 1.93 bits per heavy atom. The van der Waals surface area contributed by atoms with Gasteiger partial charge in [-0.2, -0.15) is 8.75 Å². The Kier molecular flexibility index (Phi) is 13.8. The van der Waals surface area contributed by atoms with Gasteiger partial charge in [-0.15, -0.1) is 0 Å². The minimum atomic E-state index is -4.21. The van der Waals surface area contributed by atoms with Gasteiger partial charge in [-0.25, -0.2) is 25.2 Å². The molecule has 7 aromatic rings. The van der Waals surface area contributed by atoms with E-state index in [4.69, 9.17) is 0 Å². The van der Waals surface area contributed by atoms with Gasteiger partial charge in [0.05, 0.1) is 56.1 Å². The van der Waals surface area contributed by atoms with E-state index in [1.54, 1.807) is 91.0 Å². The van der Waals surface area contributed by atoms with Gasteiger partial charge in [-0.05, 0) is 113 Å². The number of carbonyl (C=O) groups excluding carboxylic acids is 2. The molecule has 0 radical (unpaired) electrons. The number of nitrogens with zero attached hydrogens (tertiary/aromatic N) is 3. The summed E-state index contributed by atoms with van der Waals surface area (Å²) in [6.45, 7) is 0. The van der Waals surface area contributed by atoms with Gasteiger partial charge in [-0.3, -0.25) is 19.0 Å². The number of amides is 2. The van der Waals surface area contributed by atoms with Crippen LogP contribution in [-0.4, -0.2) is 37.4 Å². The molecule has 7 rings (SSSR count). The molecule has 0 fully saturated rings. The molecular weight excluding hydrogens is 1070 g/mol. The van der Waals surface area contributed by atoms with Crippen LogP contribution in [0.2, 0.25) is 0 Å². The lowest BCUT2D eigenvalue weighted by atomic mass is 10.1. The second-order valence-electron chi connectivity index (χ2n) is 11.8. The van der Waals surface area contributed by atoms with Crippen molar-refractivity contribution in [1.82, 2.24) is 8.75 Å². The maximum absolute atomic E-state index is 13.9. The maximum atomic E-state index is 13.9. The number of sulfonamides is 2. The smallest absolute Gasteiger partial charge is 0.270 e. The number of benzene rings is 6. The number of anilines is 4. The molecular formula is C38H25Br4FN6O6S3. The molecule has 0 saturated carbocycles. The summed E-state index contributed by atoms with van der Waals surface area (Å²) >= 11 is 14.2. The molecule has 0 atom stereocenters. The number of para-hydroxylation sites is 2. The number of rotatable bonds is 10. The Hall–Kier alpha value is -4.57. The zero-order valence-electron chi connectivity index (χ0n) is 29.1. The summed E-state index contributed by atoms with van der Waals surface area (Å²) in [7, 11) is -8.24. The summed E-state index contributed by atoms with van der Waals surface area (Å²) in [4.78, 5) is 25.3. The quantitative estimate of drug-likeness (QED) is 0.114. The third-order valence-corrected chi connectivity index (χ3v) is 13.7. The monoisotopic (exact) mass is 1090 g/mol. The minimum Gasteiger partial charge on any atom is -0.322 e. The fraction of sp³-hybridized carbons (Fsp3) is 0. The summed E-state index contributed by atoms with van der Waals surface area (Å²) in [5.74, 6) is -1.82. The maximum Gasteiger partial charge on any atom is 0.270 e. The highest BCUT2D eigenvalue weighted by Crippen LogP contribution is 2.32. The van der Waals surface area contributed by atoms with Gasteiger partial charge in [0.2, 0.25) is 0 Å². The van der Waals surface area contributed by atoms with E-state index >= 15 is 0 Å². The summed E-state index contributed by atoms with van der Waals surface area (Å²) in [6, 6.07) is 34.7. The predicted molar refractivity (Wildman–Crippen MR) is 238 cm³/mol. The molecule has 1 heterocycles. The largest absolute Gasteiger partial charge is 0.322 e. The molecule has 6 aromatic carbocycles. The van der Waals surface area contributed by atoms with E-state index in [9.17, 15) is 30.8 Å². The summed E-state index contributed by atoms with van der Waals surface area (Å²) in [5, 5.41) is 2.77. The lowest BCUT2D eigenvalue weighted by Crippen LogP contribution is -2.23. The van der Waals surface area contributed by atoms with Crippen LogP contribution < -0.4 is 18.7 Å². The number of halogens is 5. The van der Waals surface area contributed by atoms with E-state index in [0.717, 1.165) is 32.8 Å². The number of carbonyl (C=O) groups is 2. The molecule has 296 valence electrons. The number of aromatic nitrogens is 2. The molecule has 12 nitrogen and oxygen atoms in total. The van der Waals surface area contributed by atoms with Crippen molar-refractivity contribution in [2.24, 2.45) is 0 Å². The molecule has 0 spiro atoms. The van der Waals surface area contributed by atoms with Crippen molar-refractivity contribution in [3.8, 4) is 0 Å². The molecule has 0 aliphatic carbocycles. The number of hydrogen-bond acceptors (Lipinski definition) is 9.